The highest BCUT2D eigenvalue weighted by Crippen LogP contribution is 2.21. The average molecular weight is 349 g/mol. The summed E-state index contributed by atoms with van der Waals surface area (Å²) < 4.78 is 0. The fraction of sp³-hybridized carbons (Fsp3) is 0.250. The summed E-state index contributed by atoms with van der Waals surface area (Å²) in [6.07, 6.45) is 4.14. The molecule has 6 nitrogen and oxygen atoms in total. The number of aliphatic hydroxyl groups is 1. The van der Waals surface area contributed by atoms with Crippen molar-refractivity contribution in [3.8, 4) is 11.3 Å². The molecular weight excluding hydrogens is 326 g/mol. The number of nitrogens with zero attached hydrogens (tertiary/aromatic N) is 3. The lowest BCUT2D eigenvalue weighted by atomic mass is 10.1. The van der Waals surface area contributed by atoms with Crippen LogP contribution in [0.25, 0.3) is 11.3 Å². The maximum Gasteiger partial charge on any atom is 0.225 e. The monoisotopic (exact) mass is 349 g/mol. The first-order valence-corrected chi connectivity index (χ1v) is 8.69. The summed E-state index contributed by atoms with van der Waals surface area (Å²) >= 11 is 0. The Morgan fingerprint density at radius 1 is 1.00 bits per heavy atom. The normalized spacial score (nSPS) is 10.5. The maximum absolute atomic E-state index is 8.97. The molecule has 3 N–H and O–H groups in total. The number of hydrogen-bond donors (Lipinski definition) is 3. The smallest absolute Gasteiger partial charge is 0.225 e. The number of rotatable bonds is 8. The lowest BCUT2D eigenvalue weighted by Crippen LogP contribution is -2.10. The molecule has 0 aliphatic heterocycles. The highest BCUT2D eigenvalue weighted by atomic mass is 16.3. The van der Waals surface area contributed by atoms with Gasteiger partial charge in [0.2, 0.25) is 5.95 Å². The summed E-state index contributed by atoms with van der Waals surface area (Å²) in [5.41, 5.74) is 4.27. The maximum atomic E-state index is 8.97. The summed E-state index contributed by atoms with van der Waals surface area (Å²) in [4.78, 5) is 13.2. The Balaban J connectivity index is 1.83. The zero-order valence-electron chi connectivity index (χ0n) is 14.8. The van der Waals surface area contributed by atoms with E-state index in [1.165, 1.54) is 11.1 Å². The van der Waals surface area contributed by atoms with Crippen LogP contribution in [0.3, 0.4) is 0 Å². The lowest BCUT2D eigenvalue weighted by Gasteiger charge is -2.12. The predicted molar refractivity (Wildman–Crippen MR) is 104 cm³/mol. The van der Waals surface area contributed by atoms with Gasteiger partial charge in [0, 0.05) is 43.7 Å². The summed E-state index contributed by atoms with van der Waals surface area (Å²) in [6.45, 7) is 3.54. The van der Waals surface area contributed by atoms with Crippen LogP contribution < -0.4 is 10.6 Å². The Hall–Kier alpha value is -2.99. The van der Waals surface area contributed by atoms with E-state index < -0.39 is 0 Å². The van der Waals surface area contributed by atoms with Crippen molar-refractivity contribution in [3.05, 3.63) is 66.0 Å². The molecule has 0 radical (unpaired) electrons. The minimum absolute atomic E-state index is 0.134. The molecule has 0 saturated carbocycles. The molecule has 0 unspecified atom stereocenters. The van der Waals surface area contributed by atoms with Gasteiger partial charge in [0.05, 0.1) is 5.69 Å². The van der Waals surface area contributed by atoms with Gasteiger partial charge in [0.1, 0.15) is 5.82 Å². The van der Waals surface area contributed by atoms with E-state index in [9.17, 15) is 0 Å². The van der Waals surface area contributed by atoms with Gasteiger partial charge in [-0.2, -0.15) is 4.98 Å². The van der Waals surface area contributed by atoms with Crippen molar-refractivity contribution in [2.75, 3.05) is 23.8 Å². The first-order chi connectivity index (χ1) is 12.8. The number of anilines is 2. The van der Waals surface area contributed by atoms with E-state index >= 15 is 0 Å². The van der Waals surface area contributed by atoms with Gasteiger partial charge in [-0.15, -0.1) is 0 Å². The third-order valence-corrected chi connectivity index (χ3v) is 4.04. The van der Waals surface area contributed by atoms with Crippen molar-refractivity contribution in [2.24, 2.45) is 0 Å². The summed E-state index contributed by atoms with van der Waals surface area (Å²) in [5, 5.41) is 15.5. The summed E-state index contributed by atoms with van der Waals surface area (Å²) in [7, 11) is 0. The first kappa shape index (κ1) is 17.8. The van der Waals surface area contributed by atoms with Crippen LogP contribution in [-0.2, 0) is 6.54 Å². The van der Waals surface area contributed by atoms with E-state index in [1.807, 2.05) is 30.3 Å². The van der Waals surface area contributed by atoms with Gasteiger partial charge in [0.15, 0.2) is 0 Å². The number of aryl methyl sites for hydroxylation is 1. The van der Waals surface area contributed by atoms with Gasteiger partial charge in [0.25, 0.3) is 0 Å². The van der Waals surface area contributed by atoms with E-state index in [1.54, 1.807) is 12.4 Å². The van der Waals surface area contributed by atoms with Gasteiger partial charge in [-0.25, -0.2) is 4.98 Å². The van der Waals surface area contributed by atoms with Crippen molar-refractivity contribution >= 4 is 11.8 Å². The van der Waals surface area contributed by atoms with Crippen LogP contribution in [0, 0.1) is 6.92 Å². The van der Waals surface area contributed by atoms with E-state index in [4.69, 9.17) is 5.11 Å². The number of nitrogens with one attached hydrogen (secondary N) is 2. The minimum Gasteiger partial charge on any atom is -0.396 e. The molecule has 0 saturated heterocycles. The molecule has 0 spiro atoms. The zero-order chi connectivity index (χ0) is 18.2. The molecular formula is C20H23N5O. The Bertz CT molecular complexity index is 839. The quantitative estimate of drug-likeness (QED) is 0.542. The highest BCUT2D eigenvalue weighted by Gasteiger charge is 2.07. The molecule has 134 valence electrons. The van der Waals surface area contributed by atoms with E-state index in [0.29, 0.717) is 25.5 Å². The summed E-state index contributed by atoms with van der Waals surface area (Å²) in [6, 6.07) is 14.1. The van der Waals surface area contributed by atoms with Crippen LogP contribution in [-0.4, -0.2) is 33.2 Å². The fourth-order valence-electron chi connectivity index (χ4n) is 2.56. The van der Waals surface area contributed by atoms with Crippen molar-refractivity contribution < 1.29 is 5.11 Å². The lowest BCUT2D eigenvalue weighted by molar-refractivity contribution is 0.292. The number of hydrogen-bond acceptors (Lipinski definition) is 6. The Morgan fingerprint density at radius 3 is 2.58 bits per heavy atom. The largest absolute Gasteiger partial charge is 0.396 e. The predicted octanol–water partition coefficient (Wildman–Crippen LogP) is 3.25. The molecule has 2 heterocycles. The van der Waals surface area contributed by atoms with Crippen LogP contribution in [0.15, 0.2) is 54.9 Å². The fourth-order valence-corrected chi connectivity index (χ4v) is 2.56. The third kappa shape index (κ3) is 4.77. The second-order valence-electron chi connectivity index (χ2n) is 5.98. The molecule has 2 aromatic heterocycles. The molecule has 0 amide bonds. The molecule has 26 heavy (non-hydrogen) atoms. The Labute approximate surface area is 153 Å². The van der Waals surface area contributed by atoms with Crippen LogP contribution in [0.1, 0.15) is 17.5 Å². The van der Waals surface area contributed by atoms with Gasteiger partial charge < -0.3 is 15.7 Å². The van der Waals surface area contributed by atoms with E-state index in [2.05, 4.69) is 44.6 Å². The van der Waals surface area contributed by atoms with E-state index in [-0.39, 0.29) is 6.61 Å². The zero-order valence-corrected chi connectivity index (χ0v) is 14.8. The molecule has 0 fully saturated rings. The standard InChI is InChI=1S/C20H23N5O/c1-15-5-2-3-6-17(15)14-23-19-13-18(16-7-10-21-11-8-16)24-20(25-19)22-9-4-12-26/h2-3,5-8,10-11,13,26H,4,9,12,14H2,1H3,(H2,22,23,24,25). The number of aromatic nitrogens is 3. The third-order valence-electron chi connectivity index (χ3n) is 4.04. The molecule has 6 heteroatoms. The second-order valence-corrected chi connectivity index (χ2v) is 5.98. The molecule has 3 aromatic rings. The molecule has 0 aliphatic carbocycles. The minimum atomic E-state index is 0.134. The molecule has 0 aliphatic rings. The van der Waals surface area contributed by atoms with Crippen molar-refractivity contribution in [2.45, 2.75) is 19.9 Å². The molecule has 0 atom stereocenters. The summed E-state index contributed by atoms with van der Waals surface area (Å²) in [5.74, 6) is 1.29. The van der Waals surface area contributed by atoms with Gasteiger partial charge in [-0.05, 0) is 36.6 Å². The average Bonchev–Trinajstić information content (AvgIpc) is 2.68. The molecule has 1 aromatic carbocycles. The van der Waals surface area contributed by atoms with Crippen molar-refractivity contribution in [3.63, 3.8) is 0 Å². The second kappa shape index (κ2) is 8.92. The SMILES string of the molecule is Cc1ccccc1CNc1cc(-c2ccncc2)nc(NCCCO)n1. The van der Waals surface area contributed by atoms with Gasteiger partial charge >= 0.3 is 0 Å². The van der Waals surface area contributed by atoms with Crippen LogP contribution >= 0.6 is 0 Å². The van der Waals surface area contributed by atoms with E-state index in [0.717, 1.165) is 17.1 Å². The van der Waals surface area contributed by atoms with Crippen LogP contribution in [0.4, 0.5) is 11.8 Å². The highest BCUT2D eigenvalue weighted by molar-refractivity contribution is 5.64. The topological polar surface area (TPSA) is 83.0 Å². The number of pyridine rings is 1. The number of benzene rings is 1. The molecule has 3 rings (SSSR count). The van der Waals surface area contributed by atoms with Crippen LogP contribution in [0.2, 0.25) is 0 Å². The molecule has 0 bridgehead atoms. The first-order valence-electron chi connectivity index (χ1n) is 8.69. The number of aliphatic hydroxyl groups excluding tert-OH is 1. The van der Waals surface area contributed by atoms with Crippen LogP contribution in [0.5, 0.6) is 0 Å². The Morgan fingerprint density at radius 2 is 1.81 bits per heavy atom. The Kier molecular flexibility index (Phi) is 6.11. The van der Waals surface area contributed by atoms with Crippen molar-refractivity contribution in [1.29, 1.82) is 0 Å². The van der Waals surface area contributed by atoms with Gasteiger partial charge in [-0.1, -0.05) is 24.3 Å². The van der Waals surface area contributed by atoms with Crippen molar-refractivity contribution in [1.82, 2.24) is 15.0 Å². The van der Waals surface area contributed by atoms with Gasteiger partial charge in [-0.3, -0.25) is 4.98 Å².